The summed E-state index contributed by atoms with van der Waals surface area (Å²) in [6, 6.07) is 18.6. The summed E-state index contributed by atoms with van der Waals surface area (Å²) in [6.07, 6.45) is 1.97. The summed E-state index contributed by atoms with van der Waals surface area (Å²) in [7, 11) is 2.05. The van der Waals surface area contributed by atoms with Crippen molar-refractivity contribution in [2.24, 2.45) is 7.05 Å². The van der Waals surface area contributed by atoms with Gasteiger partial charge in [-0.05, 0) is 31.2 Å². The van der Waals surface area contributed by atoms with Gasteiger partial charge in [-0.1, -0.05) is 30.3 Å². The highest BCUT2D eigenvalue weighted by Crippen LogP contribution is 2.31. The summed E-state index contributed by atoms with van der Waals surface area (Å²) in [5, 5.41) is 11.6. The van der Waals surface area contributed by atoms with E-state index in [0.29, 0.717) is 5.57 Å². The third kappa shape index (κ3) is 2.22. The average Bonchev–Trinajstić information content (AvgIpc) is 3.14. The Kier molecular flexibility index (Phi) is 3.44. The normalized spacial score (nSPS) is 12.0. The van der Waals surface area contributed by atoms with Gasteiger partial charge in [0.15, 0.2) is 0 Å². The molecule has 0 N–H and O–H groups in total. The van der Waals surface area contributed by atoms with Crippen LogP contribution in [-0.4, -0.2) is 9.55 Å². The van der Waals surface area contributed by atoms with Crippen LogP contribution in [-0.2, 0) is 7.05 Å². The van der Waals surface area contributed by atoms with Gasteiger partial charge in [-0.2, -0.15) is 5.26 Å². The van der Waals surface area contributed by atoms with Crippen molar-refractivity contribution in [3.63, 3.8) is 0 Å². The number of fused-ring (bicyclic) bond motifs is 2. The first kappa shape index (κ1) is 14.7. The summed E-state index contributed by atoms with van der Waals surface area (Å²) in [5.41, 5.74) is 4.95. The van der Waals surface area contributed by atoms with Gasteiger partial charge < -0.3 is 4.57 Å². The average molecular weight is 329 g/mol. The molecule has 4 rings (SSSR count). The van der Waals surface area contributed by atoms with Crippen molar-refractivity contribution in [3.05, 3.63) is 64.8 Å². The number of nitrogens with zero attached hydrogens (tertiary/aromatic N) is 3. The van der Waals surface area contributed by atoms with E-state index in [2.05, 4.69) is 41.7 Å². The van der Waals surface area contributed by atoms with E-state index < -0.39 is 0 Å². The number of benzene rings is 2. The van der Waals surface area contributed by atoms with Crippen LogP contribution in [0.5, 0.6) is 0 Å². The van der Waals surface area contributed by atoms with Gasteiger partial charge in [0.1, 0.15) is 11.1 Å². The predicted octanol–water partition coefficient (Wildman–Crippen LogP) is 5.16. The van der Waals surface area contributed by atoms with Gasteiger partial charge in [-0.3, -0.25) is 0 Å². The molecule has 0 aliphatic rings. The quantitative estimate of drug-likeness (QED) is 0.477. The Morgan fingerprint density at radius 1 is 1.17 bits per heavy atom. The van der Waals surface area contributed by atoms with E-state index in [0.717, 1.165) is 31.9 Å². The number of thiazole rings is 1. The molecule has 0 aliphatic carbocycles. The summed E-state index contributed by atoms with van der Waals surface area (Å²) in [5.74, 6) is 0. The van der Waals surface area contributed by atoms with Gasteiger partial charge in [0.25, 0.3) is 0 Å². The molecule has 0 amide bonds. The van der Waals surface area contributed by atoms with Crippen molar-refractivity contribution in [2.45, 2.75) is 6.92 Å². The molecule has 0 saturated heterocycles. The Hall–Kier alpha value is -2.90. The number of para-hydroxylation sites is 2. The highest BCUT2D eigenvalue weighted by molar-refractivity contribution is 7.19. The first-order chi connectivity index (χ1) is 11.7. The summed E-state index contributed by atoms with van der Waals surface area (Å²) in [4.78, 5) is 4.62. The van der Waals surface area contributed by atoms with Crippen molar-refractivity contribution >= 4 is 44.1 Å². The van der Waals surface area contributed by atoms with E-state index in [4.69, 9.17) is 0 Å². The summed E-state index contributed by atoms with van der Waals surface area (Å²) in [6.45, 7) is 2.08. The molecule has 2 heterocycles. The van der Waals surface area contributed by atoms with E-state index in [1.165, 1.54) is 5.52 Å². The zero-order valence-corrected chi connectivity index (χ0v) is 14.3. The molecule has 2 aromatic heterocycles. The largest absolute Gasteiger partial charge is 0.347 e. The van der Waals surface area contributed by atoms with Gasteiger partial charge in [-0.15, -0.1) is 11.3 Å². The lowest BCUT2D eigenvalue weighted by atomic mass is 10.1. The van der Waals surface area contributed by atoms with Gasteiger partial charge in [0.05, 0.1) is 15.8 Å². The van der Waals surface area contributed by atoms with Crippen LogP contribution < -0.4 is 0 Å². The number of aromatic nitrogens is 2. The first-order valence-electron chi connectivity index (χ1n) is 7.71. The maximum Gasteiger partial charge on any atom is 0.135 e. The van der Waals surface area contributed by atoms with Gasteiger partial charge in [0, 0.05) is 29.2 Å². The standard InChI is InChI=1S/C20H15N3S/c1-13-16(15-7-3-5-9-18(15)23(13)2)11-14(12-21)20-22-17-8-4-6-10-19(17)24-20/h3-11H,1-2H3/b14-11-. The maximum atomic E-state index is 9.68. The molecule has 4 aromatic rings. The fourth-order valence-corrected chi connectivity index (χ4v) is 3.94. The van der Waals surface area contributed by atoms with Crippen LogP contribution in [0.2, 0.25) is 0 Å². The molecule has 3 nitrogen and oxygen atoms in total. The molecule has 0 unspecified atom stereocenters. The zero-order valence-electron chi connectivity index (χ0n) is 13.4. The second-order valence-electron chi connectivity index (χ2n) is 5.73. The fraction of sp³-hybridized carbons (Fsp3) is 0.100. The van der Waals surface area contributed by atoms with Crippen molar-refractivity contribution in [2.75, 3.05) is 0 Å². The minimum absolute atomic E-state index is 0.607. The van der Waals surface area contributed by atoms with Crippen molar-refractivity contribution in [3.8, 4) is 6.07 Å². The Bertz CT molecular complexity index is 1110. The number of aryl methyl sites for hydroxylation is 1. The molecule has 24 heavy (non-hydrogen) atoms. The van der Waals surface area contributed by atoms with Crippen LogP contribution in [0.25, 0.3) is 32.8 Å². The second kappa shape index (κ2) is 5.63. The second-order valence-corrected chi connectivity index (χ2v) is 6.76. The van der Waals surface area contributed by atoms with E-state index in [1.807, 2.05) is 42.5 Å². The molecule has 0 spiro atoms. The van der Waals surface area contributed by atoms with E-state index in [9.17, 15) is 5.26 Å². The monoisotopic (exact) mass is 329 g/mol. The molecule has 4 heteroatoms. The van der Waals surface area contributed by atoms with E-state index >= 15 is 0 Å². The topological polar surface area (TPSA) is 41.6 Å². The third-order valence-electron chi connectivity index (χ3n) is 4.38. The molecular weight excluding hydrogens is 314 g/mol. The first-order valence-corrected chi connectivity index (χ1v) is 8.52. The van der Waals surface area contributed by atoms with Crippen molar-refractivity contribution < 1.29 is 0 Å². The van der Waals surface area contributed by atoms with Gasteiger partial charge >= 0.3 is 0 Å². The number of rotatable bonds is 2. The van der Waals surface area contributed by atoms with E-state index in [1.54, 1.807) is 11.3 Å². The van der Waals surface area contributed by atoms with Crippen LogP contribution in [0, 0.1) is 18.3 Å². The molecule has 116 valence electrons. The van der Waals surface area contributed by atoms with Gasteiger partial charge in [-0.25, -0.2) is 4.98 Å². The molecule has 0 radical (unpaired) electrons. The van der Waals surface area contributed by atoms with Crippen LogP contribution in [0.4, 0.5) is 0 Å². The Labute approximate surface area is 144 Å². The number of hydrogen-bond donors (Lipinski definition) is 0. The molecule has 0 atom stereocenters. The minimum atomic E-state index is 0.607. The summed E-state index contributed by atoms with van der Waals surface area (Å²) < 4.78 is 3.26. The molecule has 0 fully saturated rings. The Balaban J connectivity index is 1.93. The maximum absolute atomic E-state index is 9.68. The highest BCUT2D eigenvalue weighted by Gasteiger charge is 2.13. The number of allylic oxidation sites excluding steroid dienone is 1. The molecule has 0 aliphatic heterocycles. The SMILES string of the molecule is Cc1c(/C=C(/C#N)c2nc3ccccc3s2)c2ccccc2n1C. The fourth-order valence-electron chi connectivity index (χ4n) is 3.01. The molecular formula is C20H15N3S. The highest BCUT2D eigenvalue weighted by atomic mass is 32.1. The summed E-state index contributed by atoms with van der Waals surface area (Å²) >= 11 is 1.56. The van der Waals surface area contributed by atoms with Crippen molar-refractivity contribution in [1.29, 1.82) is 5.26 Å². The van der Waals surface area contributed by atoms with Crippen LogP contribution in [0.1, 0.15) is 16.3 Å². The molecule has 0 bridgehead atoms. The Morgan fingerprint density at radius 2 is 1.92 bits per heavy atom. The minimum Gasteiger partial charge on any atom is -0.347 e. The Morgan fingerprint density at radius 3 is 2.71 bits per heavy atom. The molecule has 2 aromatic carbocycles. The lowest BCUT2D eigenvalue weighted by molar-refractivity contribution is 0.916. The van der Waals surface area contributed by atoms with Crippen LogP contribution in [0.15, 0.2) is 48.5 Å². The third-order valence-corrected chi connectivity index (χ3v) is 5.45. The smallest absolute Gasteiger partial charge is 0.135 e. The lowest BCUT2D eigenvalue weighted by Gasteiger charge is -1.98. The van der Waals surface area contributed by atoms with Crippen LogP contribution in [0.3, 0.4) is 0 Å². The number of hydrogen-bond acceptors (Lipinski definition) is 3. The zero-order chi connectivity index (χ0) is 16.7. The van der Waals surface area contributed by atoms with Gasteiger partial charge in [0.2, 0.25) is 0 Å². The van der Waals surface area contributed by atoms with Crippen LogP contribution >= 0.6 is 11.3 Å². The van der Waals surface area contributed by atoms with E-state index in [-0.39, 0.29) is 0 Å². The number of nitriles is 1. The lowest BCUT2D eigenvalue weighted by Crippen LogP contribution is -1.90. The predicted molar refractivity (Wildman–Crippen MR) is 101 cm³/mol. The molecule has 0 saturated carbocycles. The van der Waals surface area contributed by atoms with Crippen molar-refractivity contribution in [1.82, 2.24) is 9.55 Å².